The highest BCUT2D eigenvalue weighted by molar-refractivity contribution is 6.36. The van der Waals surface area contributed by atoms with E-state index in [0.29, 0.717) is 15.8 Å². The van der Waals surface area contributed by atoms with E-state index in [0.717, 1.165) is 43.2 Å². The minimum absolute atomic E-state index is 0.0323. The molecule has 0 amide bonds. The van der Waals surface area contributed by atoms with Gasteiger partial charge in [-0.3, -0.25) is 4.79 Å². The van der Waals surface area contributed by atoms with Crippen molar-refractivity contribution in [3.05, 3.63) is 39.9 Å². The van der Waals surface area contributed by atoms with Gasteiger partial charge in [-0.2, -0.15) is 0 Å². The molecule has 2 saturated carbocycles. The van der Waals surface area contributed by atoms with E-state index in [2.05, 4.69) is 6.08 Å². The number of hydrogen-bond donors (Lipinski definition) is 0. The molecule has 1 aromatic carbocycles. The Morgan fingerprint density at radius 2 is 1.67 bits per heavy atom. The molecule has 0 radical (unpaired) electrons. The maximum absolute atomic E-state index is 13.2. The molecule has 2 spiro atoms. The molecule has 0 heterocycles. The van der Waals surface area contributed by atoms with Crippen LogP contribution in [0, 0.1) is 10.8 Å². The van der Waals surface area contributed by atoms with Gasteiger partial charge in [0.2, 0.25) is 0 Å². The maximum atomic E-state index is 13.2. The number of allylic oxidation sites excluding steroid dienone is 2. The van der Waals surface area contributed by atoms with Crippen LogP contribution in [0.5, 0.6) is 0 Å². The van der Waals surface area contributed by atoms with Gasteiger partial charge in [0.05, 0.1) is 5.41 Å². The number of halogens is 2. The van der Waals surface area contributed by atoms with Gasteiger partial charge in [0.1, 0.15) is 0 Å². The molecule has 1 unspecified atom stereocenters. The predicted octanol–water partition coefficient (Wildman–Crippen LogP) is 5.69. The molecule has 1 atom stereocenters. The minimum Gasteiger partial charge on any atom is -0.298 e. The first-order valence-corrected chi connectivity index (χ1v) is 8.57. The second-order valence-corrected chi connectivity index (χ2v) is 7.67. The average molecular weight is 321 g/mol. The van der Waals surface area contributed by atoms with Gasteiger partial charge >= 0.3 is 0 Å². The maximum Gasteiger partial charge on any atom is 0.153 e. The average Bonchev–Trinajstić information content (AvgIpc) is 2.95. The van der Waals surface area contributed by atoms with E-state index in [9.17, 15) is 4.79 Å². The van der Waals surface area contributed by atoms with Crippen molar-refractivity contribution in [1.82, 2.24) is 0 Å². The zero-order chi connectivity index (χ0) is 14.7. The lowest BCUT2D eigenvalue weighted by atomic mass is 9.63. The van der Waals surface area contributed by atoms with Crippen LogP contribution >= 0.6 is 23.2 Å². The number of carbonyl (C=O) groups excluding carboxylic acids is 1. The molecule has 21 heavy (non-hydrogen) atoms. The van der Waals surface area contributed by atoms with Crippen molar-refractivity contribution >= 4 is 34.6 Å². The minimum atomic E-state index is -0.305. The Kier molecular flexibility index (Phi) is 3.03. The normalized spacial score (nSPS) is 30.0. The summed E-state index contributed by atoms with van der Waals surface area (Å²) in [5, 5.41) is 1.30. The monoisotopic (exact) mass is 320 g/mol. The summed E-state index contributed by atoms with van der Waals surface area (Å²) in [7, 11) is 0. The van der Waals surface area contributed by atoms with E-state index >= 15 is 0 Å². The molecule has 3 aliphatic carbocycles. The molecule has 0 N–H and O–H groups in total. The third kappa shape index (κ3) is 1.94. The smallest absolute Gasteiger partial charge is 0.153 e. The summed E-state index contributed by atoms with van der Waals surface area (Å²) in [6.07, 6.45) is 9.94. The molecule has 4 rings (SSSR count). The summed E-state index contributed by atoms with van der Waals surface area (Å²) in [6, 6.07) is 5.58. The number of benzene rings is 1. The quantitative estimate of drug-likeness (QED) is 0.649. The van der Waals surface area contributed by atoms with E-state index in [1.165, 1.54) is 12.8 Å². The summed E-state index contributed by atoms with van der Waals surface area (Å²) in [5.41, 5.74) is 1.79. The van der Waals surface area contributed by atoms with Crippen LogP contribution < -0.4 is 0 Å². The zero-order valence-corrected chi connectivity index (χ0v) is 13.4. The summed E-state index contributed by atoms with van der Waals surface area (Å²) in [4.78, 5) is 13.2. The topological polar surface area (TPSA) is 17.1 Å². The Morgan fingerprint density at radius 3 is 2.38 bits per heavy atom. The van der Waals surface area contributed by atoms with Crippen LogP contribution in [0.25, 0.3) is 5.57 Å². The van der Waals surface area contributed by atoms with Gasteiger partial charge in [-0.15, -0.1) is 0 Å². The van der Waals surface area contributed by atoms with E-state index in [1.54, 1.807) is 6.07 Å². The highest BCUT2D eigenvalue weighted by Crippen LogP contribution is 2.64. The Labute approximate surface area is 135 Å². The fourth-order valence-electron chi connectivity index (χ4n) is 4.57. The molecule has 0 aliphatic heterocycles. The second kappa shape index (κ2) is 4.60. The Hall–Kier alpha value is -0.790. The second-order valence-electron chi connectivity index (χ2n) is 6.82. The molecule has 0 saturated heterocycles. The van der Waals surface area contributed by atoms with Gasteiger partial charge in [-0.05, 0) is 49.0 Å². The van der Waals surface area contributed by atoms with Gasteiger partial charge in [-0.25, -0.2) is 0 Å². The van der Waals surface area contributed by atoms with Gasteiger partial charge in [0.25, 0.3) is 0 Å². The first kappa shape index (κ1) is 13.8. The Balaban J connectivity index is 1.67. The van der Waals surface area contributed by atoms with E-state index in [4.69, 9.17) is 23.2 Å². The van der Waals surface area contributed by atoms with Gasteiger partial charge < -0.3 is 0 Å². The van der Waals surface area contributed by atoms with Crippen LogP contribution in [-0.4, -0.2) is 5.78 Å². The number of carbonyl (C=O) groups is 1. The molecule has 2 fully saturated rings. The van der Waals surface area contributed by atoms with Crippen molar-refractivity contribution in [3.63, 3.8) is 0 Å². The van der Waals surface area contributed by atoms with E-state index in [-0.39, 0.29) is 10.8 Å². The van der Waals surface area contributed by atoms with Crippen molar-refractivity contribution < 1.29 is 4.79 Å². The van der Waals surface area contributed by atoms with Crippen LogP contribution in [0.2, 0.25) is 10.0 Å². The molecule has 1 nitrogen and oxygen atoms in total. The lowest BCUT2D eigenvalue weighted by Gasteiger charge is -2.38. The summed E-state index contributed by atoms with van der Waals surface area (Å²) in [6.45, 7) is 0. The van der Waals surface area contributed by atoms with Crippen molar-refractivity contribution in [2.45, 2.75) is 44.9 Å². The van der Waals surface area contributed by atoms with Crippen LogP contribution in [0.4, 0.5) is 0 Å². The largest absolute Gasteiger partial charge is 0.298 e. The Morgan fingerprint density at radius 1 is 0.952 bits per heavy atom. The molecular formula is C18H18Cl2O. The fourth-order valence-corrected chi connectivity index (χ4v) is 5.08. The predicted molar refractivity (Wildman–Crippen MR) is 86.6 cm³/mol. The van der Waals surface area contributed by atoms with Crippen molar-refractivity contribution in [3.8, 4) is 0 Å². The third-order valence-corrected chi connectivity index (χ3v) is 6.23. The first-order chi connectivity index (χ1) is 10.1. The molecule has 3 aliphatic rings. The highest BCUT2D eigenvalue weighted by atomic mass is 35.5. The van der Waals surface area contributed by atoms with Gasteiger partial charge in [0, 0.05) is 15.5 Å². The van der Waals surface area contributed by atoms with Crippen LogP contribution in [0.3, 0.4) is 0 Å². The molecule has 110 valence electrons. The number of Topliss-reactive ketones (excluding diaryl/α,β-unsaturated/α-hetero) is 1. The fraction of sp³-hybridized carbons (Fsp3) is 0.500. The summed E-state index contributed by atoms with van der Waals surface area (Å²) >= 11 is 12.3. The van der Waals surface area contributed by atoms with Crippen molar-refractivity contribution in [2.24, 2.45) is 10.8 Å². The van der Waals surface area contributed by atoms with Crippen molar-refractivity contribution in [2.75, 3.05) is 0 Å². The molecular weight excluding hydrogens is 303 g/mol. The summed E-state index contributed by atoms with van der Waals surface area (Å²) in [5.74, 6) is 0.472. The SMILES string of the molecule is O=C1C2(CCCC2)CCCC12C=C2c1ccc(Cl)cc1Cl. The standard InChI is InChI=1S/C18H18Cl2O/c19-12-4-5-13(15(20)10-12)14-11-18(14)9-3-8-17(16(18)21)6-1-2-7-17/h4-5,10-11H,1-3,6-9H2. The van der Waals surface area contributed by atoms with E-state index in [1.807, 2.05) is 12.1 Å². The van der Waals surface area contributed by atoms with E-state index < -0.39 is 0 Å². The first-order valence-electron chi connectivity index (χ1n) is 7.81. The number of rotatable bonds is 1. The van der Waals surface area contributed by atoms with Crippen LogP contribution in [0.1, 0.15) is 50.5 Å². The number of hydrogen-bond acceptors (Lipinski definition) is 1. The number of ketones is 1. The van der Waals surface area contributed by atoms with Crippen molar-refractivity contribution in [1.29, 1.82) is 0 Å². The lowest BCUT2D eigenvalue weighted by Crippen LogP contribution is -2.40. The molecule has 1 aromatic rings. The van der Waals surface area contributed by atoms with Gasteiger partial charge in [0.15, 0.2) is 5.78 Å². The zero-order valence-electron chi connectivity index (χ0n) is 11.9. The molecule has 0 aromatic heterocycles. The molecule has 0 bridgehead atoms. The highest BCUT2D eigenvalue weighted by Gasteiger charge is 2.60. The van der Waals surface area contributed by atoms with Crippen LogP contribution in [0.15, 0.2) is 24.3 Å². The summed E-state index contributed by atoms with van der Waals surface area (Å²) < 4.78 is 0. The van der Waals surface area contributed by atoms with Gasteiger partial charge in [-0.1, -0.05) is 54.6 Å². The third-order valence-electron chi connectivity index (χ3n) is 5.68. The lowest BCUT2D eigenvalue weighted by molar-refractivity contribution is -0.136. The molecule has 3 heteroatoms. The Bertz CT molecular complexity index is 655. The van der Waals surface area contributed by atoms with Crippen LogP contribution in [-0.2, 0) is 4.79 Å².